The van der Waals surface area contributed by atoms with E-state index in [2.05, 4.69) is 141 Å². The Balaban J connectivity index is 1.30. The monoisotopic (exact) mass is 1360 g/mol. The fourth-order valence-electron chi connectivity index (χ4n) is 11.6. The van der Waals surface area contributed by atoms with E-state index in [1.807, 2.05) is 0 Å². The Bertz CT molecular complexity index is 2210. The molecule has 3 aliphatic rings. The van der Waals surface area contributed by atoms with Gasteiger partial charge in [-0.3, -0.25) is 4.79 Å². The lowest BCUT2D eigenvalue weighted by Crippen LogP contribution is -2.66. The highest BCUT2D eigenvalue weighted by atomic mass is 16.8. The summed E-state index contributed by atoms with van der Waals surface area (Å²) in [6, 6.07) is -0.895. The van der Waals surface area contributed by atoms with Crippen LogP contribution in [0, 0.1) is 0 Å². The second kappa shape index (κ2) is 56.9. The van der Waals surface area contributed by atoms with Crippen LogP contribution >= 0.6 is 0 Å². The van der Waals surface area contributed by atoms with Crippen LogP contribution in [0.15, 0.2) is 122 Å². The van der Waals surface area contributed by atoms with Crippen molar-refractivity contribution < 1.29 is 89.4 Å². The van der Waals surface area contributed by atoms with Gasteiger partial charge in [-0.05, 0) is 89.9 Å². The van der Waals surface area contributed by atoms with Gasteiger partial charge < -0.3 is 89.9 Å². The summed E-state index contributed by atoms with van der Waals surface area (Å²) in [6.45, 7) is 1.64. The molecule has 17 atom stereocenters. The van der Waals surface area contributed by atoms with Crippen LogP contribution in [0.4, 0.5) is 0 Å². The molecule has 3 rings (SSSR count). The Morgan fingerprint density at radius 2 is 0.719 bits per heavy atom. The molecule has 96 heavy (non-hydrogen) atoms. The van der Waals surface area contributed by atoms with Gasteiger partial charge in [0.25, 0.3) is 0 Å². The van der Waals surface area contributed by atoms with E-state index in [0.717, 1.165) is 122 Å². The third-order valence-electron chi connectivity index (χ3n) is 17.6. The first kappa shape index (κ1) is 86.4. The molecule has 0 saturated carbocycles. The second-order valence-corrected chi connectivity index (χ2v) is 25.7. The molecule has 3 fully saturated rings. The number of hydrogen-bond donors (Lipinski definition) is 12. The maximum atomic E-state index is 13.4. The maximum Gasteiger partial charge on any atom is 0.220 e. The highest BCUT2D eigenvalue weighted by Crippen LogP contribution is 2.33. The number of nitrogens with one attached hydrogen (secondary N) is 1. The van der Waals surface area contributed by atoms with Crippen LogP contribution in [0.2, 0.25) is 0 Å². The molecule has 0 aromatic heterocycles. The van der Waals surface area contributed by atoms with Gasteiger partial charge in [-0.2, -0.15) is 0 Å². The van der Waals surface area contributed by atoms with E-state index in [4.69, 9.17) is 28.4 Å². The average Bonchev–Trinajstić information content (AvgIpc) is 0.849. The van der Waals surface area contributed by atoms with Gasteiger partial charge in [-0.15, -0.1) is 0 Å². The van der Waals surface area contributed by atoms with E-state index in [9.17, 15) is 61.0 Å². The minimum Gasteiger partial charge on any atom is -0.394 e. The summed E-state index contributed by atoms with van der Waals surface area (Å²) in [7, 11) is 0. The molecule has 19 nitrogen and oxygen atoms in total. The Morgan fingerprint density at radius 3 is 1.12 bits per heavy atom. The van der Waals surface area contributed by atoms with E-state index in [1.165, 1.54) is 70.6 Å². The van der Waals surface area contributed by atoms with Crippen LogP contribution in [0.3, 0.4) is 0 Å². The van der Waals surface area contributed by atoms with Crippen LogP contribution in [0.5, 0.6) is 0 Å². The summed E-state index contributed by atoms with van der Waals surface area (Å²) in [6.07, 6.45) is 51.7. The molecule has 0 bridgehead atoms. The maximum absolute atomic E-state index is 13.4. The number of ether oxygens (including phenoxy) is 6. The quantitative estimate of drug-likeness (QED) is 0.0199. The summed E-state index contributed by atoms with van der Waals surface area (Å²) >= 11 is 0. The number of aliphatic hydroxyl groups excluding tert-OH is 11. The van der Waals surface area contributed by atoms with Gasteiger partial charge in [0.15, 0.2) is 18.9 Å². The molecule has 19 heteroatoms. The number of unbranched alkanes of at least 4 members (excludes halogenated alkanes) is 19. The zero-order chi connectivity index (χ0) is 69.6. The molecule has 17 unspecified atom stereocenters. The van der Waals surface area contributed by atoms with Crippen molar-refractivity contribution in [2.45, 2.75) is 330 Å². The predicted octanol–water partition coefficient (Wildman–Crippen LogP) is 10.8. The molecule has 0 aromatic rings. The summed E-state index contributed by atoms with van der Waals surface area (Å²) in [5, 5.41) is 120. The van der Waals surface area contributed by atoms with Crippen LogP contribution in [-0.4, -0.2) is 193 Å². The molecular formula is C77H129NO18. The lowest BCUT2D eigenvalue weighted by Gasteiger charge is -2.48. The van der Waals surface area contributed by atoms with Crippen molar-refractivity contribution in [3.63, 3.8) is 0 Å². The zero-order valence-electron chi connectivity index (χ0n) is 58.3. The summed E-state index contributed by atoms with van der Waals surface area (Å²) in [5.41, 5.74) is 0. The fraction of sp³-hybridized carbons (Fsp3) is 0.727. The number of allylic oxidation sites excluding steroid dienone is 20. The van der Waals surface area contributed by atoms with Gasteiger partial charge in [-0.1, -0.05) is 251 Å². The summed E-state index contributed by atoms with van der Waals surface area (Å²) < 4.78 is 34.3. The third kappa shape index (κ3) is 37.6. The van der Waals surface area contributed by atoms with E-state index < -0.39 is 124 Å². The molecule has 550 valence electrons. The molecule has 0 aromatic carbocycles. The van der Waals surface area contributed by atoms with E-state index in [-0.39, 0.29) is 18.9 Å². The lowest BCUT2D eigenvalue weighted by atomic mass is 9.96. The molecule has 12 N–H and O–H groups in total. The van der Waals surface area contributed by atoms with Crippen molar-refractivity contribution in [2.24, 2.45) is 0 Å². The van der Waals surface area contributed by atoms with Gasteiger partial charge >= 0.3 is 0 Å². The number of amides is 1. The molecule has 0 aliphatic carbocycles. The van der Waals surface area contributed by atoms with Crippen LogP contribution < -0.4 is 5.32 Å². The number of rotatable bonds is 55. The highest BCUT2D eigenvalue weighted by Gasteiger charge is 2.53. The standard InChI is InChI=1S/C77H129NO18/c1-3-5-7-9-11-13-15-16-17-18-19-20-21-22-23-24-25-26-27-28-29-30-31-32-33-34-35-36-37-38-39-40-41-42-43-44-45-47-49-51-53-55-65(83)78-60(61(82)54-52-50-48-46-14-12-10-8-6-4-2)59-91-75-71(89)68(86)73(63(57-80)93-75)96-77-72(90)69(87)74(64(58-81)94-77)95-76-70(88)67(85)66(84)62(56-79)92-76/h5,7,11,13,16-17,19-20,22-23,25-26,28-29,31-32,34-35,37-38,60-64,66-77,79-82,84-90H,3-4,6,8-10,12,14-15,18,21,24,27,30,33,36,39-59H2,1-2H3,(H,78,83)/b7-5-,13-11-,17-16-,20-19-,23-22-,26-25-,29-28-,32-31-,35-34-,38-37-. The van der Waals surface area contributed by atoms with Crippen molar-refractivity contribution in [3.05, 3.63) is 122 Å². The van der Waals surface area contributed by atoms with E-state index >= 15 is 0 Å². The SMILES string of the molecule is CC/C=C\C/C=C\C/C=C\C/C=C\C/C=C\C/C=C\C/C=C\C/C=C\C/C=C\C/C=C\CCCCCCCCCCCCC(=O)NC(COC1OC(CO)C(OC2OC(CO)C(OC3OC(CO)C(O)C(O)C3O)C(O)C2O)C(O)C1O)C(O)CCCCCCCCCCCC. The molecule has 0 spiro atoms. The molecule has 3 saturated heterocycles. The van der Waals surface area contributed by atoms with Crippen LogP contribution in [-0.2, 0) is 33.2 Å². The number of aliphatic hydroxyl groups is 11. The number of hydrogen-bond acceptors (Lipinski definition) is 18. The Kier molecular flexibility index (Phi) is 51.2. The van der Waals surface area contributed by atoms with Gasteiger partial charge in [0.2, 0.25) is 5.91 Å². The first-order chi connectivity index (χ1) is 46.8. The van der Waals surface area contributed by atoms with Crippen LogP contribution in [0.25, 0.3) is 0 Å². The first-order valence-corrected chi connectivity index (χ1v) is 36.8. The second-order valence-electron chi connectivity index (χ2n) is 25.7. The largest absolute Gasteiger partial charge is 0.394 e. The van der Waals surface area contributed by atoms with Crippen LogP contribution in [0.1, 0.15) is 226 Å². The predicted molar refractivity (Wildman–Crippen MR) is 378 cm³/mol. The van der Waals surface area contributed by atoms with Gasteiger partial charge in [-0.25, -0.2) is 0 Å². The average molecular weight is 1360 g/mol. The Morgan fingerprint density at radius 1 is 0.385 bits per heavy atom. The Labute approximate surface area is 576 Å². The lowest BCUT2D eigenvalue weighted by molar-refractivity contribution is -0.379. The first-order valence-electron chi connectivity index (χ1n) is 36.8. The molecule has 3 heterocycles. The molecule has 0 radical (unpaired) electrons. The molecule has 3 aliphatic heterocycles. The molecular weight excluding hydrogens is 1230 g/mol. The highest BCUT2D eigenvalue weighted by molar-refractivity contribution is 5.76. The van der Waals surface area contributed by atoms with Crippen molar-refractivity contribution in [1.29, 1.82) is 0 Å². The Hall–Kier alpha value is -3.81. The third-order valence-corrected chi connectivity index (χ3v) is 17.6. The fourth-order valence-corrected chi connectivity index (χ4v) is 11.6. The zero-order valence-corrected chi connectivity index (χ0v) is 58.3. The van der Waals surface area contributed by atoms with Gasteiger partial charge in [0.05, 0.1) is 38.6 Å². The van der Waals surface area contributed by atoms with Crippen molar-refractivity contribution >= 4 is 5.91 Å². The molecule has 1 amide bonds. The smallest absolute Gasteiger partial charge is 0.220 e. The van der Waals surface area contributed by atoms with E-state index in [1.54, 1.807) is 0 Å². The minimum atomic E-state index is -1.98. The number of carbonyl (C=O) groups is 1. The van der Waals surface area contributed by atoms with Crippen molar-refractivity contribution in [2.75, 3.05) is 26.4 Å². The minimum absolute atomic E-state index is 0.254. The number of carbonyl (C=O) groups excluding carboxylic acids is 1. The van der Waals surface area contributed by atoms with Crippen molar-refractivity contribution in [1.82, 2.24) is 5.32 Å². The van der Waals surface area contributed by atoms with Gasteiger partial charge in [0, 0.05) is 6.42 Å². The van der Waals surface area contributed by atoms with Crippen molar-refractivity contribution in [3.8, 4) is 0 Å². The topological polar surface area (TPSA) is 307 Å². The summed E-state index contributed by atoms with van der Waals surface area (Å²) in [5.74, 6) is -0.254. The summed E-state index contributed by atoms with van der Waals surface area (Å²) in [4.78, 5) is 13.4. The van der Waals surface area contributed by atoms with E-state index in [0.29, 0.717) is 12.8 Å². The van der Waals surface area contributed by atoms with Gasteiger partial charge in [0.1, 0.15) is 73.2 Å². The normalized spacial score (nSPS) is 27.8.